The second-order valence-corrected chi connectivity index (χ2v) is 11.3. The minimum absolute atomic E-state index is 0.0420. The Kier molecular flexibility index (Phi) is 8.17. The summed E-state index contributed by atoms with van der Waals surface area (Å²) in [5.41, 5.74) is 2.05. The SMILES string of the molecule is O=C(O)[C@@H]1Cc2cc(I)c(OCc3ccc(C(F)(F)F)cc3)c(I)c2CN1C(=O)/C=C/c1ccc2cc1OCO2. The summed E-state index contributed by atoms with van der Waals surface area (Å²) in [6.45, 7) is 0.166. The van der Waals surface area contributed by atoms with Gasteiger partial charge in [-0.2, -0.15) is 13.2 Å². The fourth-order valence-electron chi connectivity index (χ4n) is 4.46. The van der Waals surface area contributed by atoms with Crippen molar-refractivity contribution in [2.45, 2.75) is 31.8 Å². The first-order chi connectivity index (χ1) is 19.0. The van der Waals surface area contributed by atoms with Crippen molar-refractivity contribution in [2.75, 3.05) is 6.79 Å². The molecule has 0 radical (unpaired) electrons. The molecule has 1 atom stereocenters. The van der Waals surface area contributed by atoms with Gasteiger partial charge in [0.05, 0.1) is 12.7 Å². The monoisotopic (exact) mass is 777 g/mol. The van der Waals surface area contributed by atoms with Crippen molar-refractivity contribution in [3.8, 4) is 17.2 Å². The number of fused-ring (bicyclic) bond motifs is 3. The van der Waals surface area contributed by atoms with Gasteiger partial charge >= 0.3 is 12.1 Å². The number of benzene rings is 3. The fraction of sp³-hybridized carbons (Fsp3) is 0.214. The standard InChI is InChI=1S/C28H20F3I2NO6/c29-28(30,31)18-5-1-15(2-6-18)13-38-26-21(32)9-17-10-22(27(36)37)34(12-20(17)25(26)33)24(35)8-4-16-3-7-19-11-23(16)40-14-39-19/h1-9,11,22H,10,12-14H2,(H,36,37)/b8-4+/t22-/m0/s1. The lowest BCUT2D eigenvalue weighted by Gasteiger charge is -2.35. The van der Waals surface area contributed by atoms with Crippen LogP contribution in [0.5, 0.6) is 17.2 Å². The molecular weight excluding hydrogens is 757 g/mol. The minimum atomic E-state index is -4.42. The van der Waals surface area contributed by atoms with Gasteiger partial charge in [0.25, 0.3) is 0 Å². The van der Waals surface area contributed by atoms with Crippen molar-refractivity contribution in [1.82, 2.24) is 4.90 Å². The Morgan fingerprint density at radius 2 is 1.85 bits per heavy atom. The predicted octanol–water partition coefficient (Wildman–Crippen LogP) is 6.27. The average molecular weight is 777 g/mol. The maximum absolute atomic E-state index is 13.2. The third kappa shape index (κ3) is 6.01. The first kappa shape index (κ1) is 28.5. The van der Waals surface area contributed by atoms with Crippen molar-refractivity contribution < 1.29 is 42.1 Å². The molecule has 0 unspecified atom stereocenters. The van der Waals surface area contributed by atoms with E-state index in [1.807, 2.05) is 6.07 Å². The van der Waals surface area contributed by atoms with Crippen LogP contribution in [-0.4, -0.2) is 34.7 Å². The zero-order chi connectivity index (χ0) is 28.6. The highest BCUT2D eigenvalue weighted by atomic mass is 127. The van der Waals surface area contributed by atoms with E-state index in [2.05, 4.69) is 45.2 Å². The number of carbonyl (C=O) groups excluding carboxylic acids is 1. The highest BCUT2D eigenvalue weighted by molar-refractivity contribution is 14.1. The zero-order valence-corrected chi connectivity index (χ0v) is 24.8. The van der Waals surface area contributed by atoms with E-state index in [1.54, 1.807) is 24.3 Å². The first-order valence-electron chi connectivity index (χ1n) is 11.9. The van der Waals surface area contributed by atoms with Gasteiger partial charge in [0.2, 0.25) is 12.7 Å². The van der Waals surface area contributed by atoms with Gasteiger partial charge in [-0.05, 0) is 98.3 Å². The number of aliphatic carboxylic acids is 1. The summed E-state index contributed by atoms with van der Waals surface area (Å²) in [6, 6.07) is 10.7. The van der Waals surface area contributed by atoms with Crippen molar-refractivity contribution in [1.29, 1.82) is 0 Å². The Hall–Kier alpha value is -3.01. The number of nitrogens with zero attached hydrogens (tertiary/aromatic N) is 1. The second-order valence-electron chi connectivity index (χ2n) is 9.09. The number of halogens is 5. The molecule has 5 rings (SSSR count). The van der Waals surface area contributed by atoms with Crippen LogP contribution in [0.1, 0.15) is 27.8 Å². The van der Waals surface area contributed by atoms with Crippen molar-refractivity contribution >= 4 is 63.1 Å². The summed E-state index contributed by atoms with van der Waals surface area (Å²) in [5.74, 6) is 0.160. The average Bonchev–Trinajstić information content (AvgIpc) is 2.91. The lowest BCUT2D eigenvalue weighted by atomic mass is 9.93. The predicted molar refractivity (Wildman–Crippen MR) is 155 cm³/mol. The molecule has 2 aliphatic heterocycles. The van der Waals surface area contributed by atoms with E-state index in [1.165, 1.54) is 23.1 Å². The Bertz CT molecular complexity index is 1510. The molecule has 3 aromatic carbocycles. The van der Waals surface area contributed by atoms with Crippen LogP contribution in [0.2, 0.25) is 0 Å². The minimum Gasteiger partial charge on any atom is -0.487 e. The van der Waals surface area contributed by atoms with Crippen LogP contribution in [0, 0.1) is 7.14 Å². The van der Waals surface area contributed by atoms with E-state index in [0.717, 1.165) is 26.8 Å². The molecule has 1 N–H and O–H groups in total. The number of rotatable bonds is 6. The van der Waals surface area contributed by atoms with E-state index in [4.69, 9.17) is 14.2 Å². The summed E-state index contributed by atoms with van der Waals surface area (Å²) in [4.78, 5) is 26.7. The van der Waals surface area contributed by atoms with Crippen LogP contribution in [0.25, 0.3) is 6.08 Å². The smallest absolute Gasteiger partial charge is 0.416 e. The summed E-state index contributed by atoms with van der Waals surface area (Å²) in [5, 5.41) is 9.91. The number of hydrogen-bond donors (Lipinski definition) is 1. The largest absolute Gasteiger partial charge is 0.487 e. The van der Waals surface area contributed by atoms with Crippen molar-refractivity contribution in [3.05, 3.63) is 89.6 Å². The van der Waals surface area contributed by atoms with Gasteiger partial charge in [-0.25, -0.2) is 4.79 Å². The molecule has 12 heteroatoms. The zero-order valence-electron chi connectivity index (χ0n) is 20.5. The molecule has 0 aliphatic carbocycles. The van der Waals surface area contributed by atoms with Crippen LogP contribution in [0.15, 0.2) is 54.6 Å². The fourth-order valence-corrected chi connectivity index (χ4v) is 6.74. The quantitative estimate of drug-likeness (QED) is 0.235. The molecular formula is C28H20F3I2NO6. The summed E-state index contributed by atoms with van der Waals surface area (Å²) in [7, 11) is 0. The molecule has 2 heterocycles. The van der Waals surface area contributed by atoms with Crippen LogP contribution in [-0.2, 0) is 35.3 Å². The van der Waals surface area contributed by atoms with Crippen molar-refractivity contribution in [3.63, 3.8) is 0 Å². The van der Waals surface area contributed by atoms with Gasteiger partial charge in [0.15, 0.2) is 0 Å². The number of carboxylic acid groups (broad SMARTS) is 1. The number of amides is 1. The molecule has 3 aromatic rings. The molecule has 1 amide bonds. The van der Waals surface area contributed by atoms with Crippen LogP contribution < -0.4 is 14.2 Å². The Morgan fingerprint density at radius 3 is 2.55 bits per heavy atom. The molecule has 0 fully saturated rings. The summed E-state index contributed by atoms with van der Waals surface area (Å²) in [6.07, 6.45) is -1.39. The third-order valence-electron chi connectivity index (χ3n) is 6.55. The van der Waals surface area contributed by atoms with Crippen LogP contribution >= 0.6 is 45.2 Å². The van der Waals surface area contributed by atoms with Crippen LogP contribution in [0.3, 0.4) is 0 Å². The van der Waals surface area contributed by atoms with Gasteiger partial charge in [-0.3, -0.25) is 4.79 Å². The number of hydrogen-bond acceptors (Lipinski definition) is 5. The van der Waals surface area contributed by atoms with E-state index in [0.29, 0.717) is 31.9 Å². The van der Waals surface area contributed by atoms with Crippen LogP contribution in [0.4, 0.5) is 13.2 Å². The number of carboxylic acids is 1. The van der Waals surface area contributed by atoms with E-state index in [-0.39, 0.29) is 26.4 Å². The Balaban J connectivity index is 1.37. The first-order valence-corrected chi connectivity index (χ1v) is 14.1. The molecule has 0 spiro atoms. The Labute approximate surface area is 254 Å². The van der Waals surface area contributed by atoms with E-state index < -0.39 is 29.7 Å². The highest BCUT2D eigenvalue weighted by Gasteiger charge is 2.36. The molecule has 0 aromatic heterocycles. The maximum atomic E-state index is 13.2. The number of ether oxygens (including phenoxy) is 3. The normalized spacial score (nSPS) is 16.2. The van der Waals surface area contributed by atoms with E-state index in [9.17, 15) is 27.9 Å². The molecule has 7 nitrogen and oxygen atoms in total. The maximum Gasteiger partial charge on any atom is 0.416 e. The summed E-state index contributed by atoms with van der Waals surface area (Å²) < 4.78 is 56.8. The summed E-state index contributed by atoms with van der Waals surface area (Å²) >= 11 is 4.19. The van der Waals surface area contributed by atoms with Gasteiger partial charge in [0.1, 0.15) is 29.9 Å². The van der Waals surface area contributed by atoms with Gasteiger partial charge in [-0.15, -0.1) is 0 Å². The van der Waals surface area contributed by atoms with Gasteiger partial charge in [0, 0.05) is 30.7 Å². The van der Waals surface area contributed by atoms with E-state index >= 15 is 0 Å². The lowest BCUT2D eigenvalue weighted by molar-refractivity contribution is -0.149. The van der Waals surface area contributed by atoms with Gasteiger partial charge < -0.3 is 24.2 Å². The molecule has 2 bridgehead atoms. The molecule has 0 saturated carbocycles. The van der Waals surface area contributed by atoms with Crippen molar-refractivity contribution in [2.24, 2.45) is 0 Å². The second kappa shape index (κ2) is 11.5. The number of alkyl halides is 3. The molecule has 0 saturated heterocycles. The molecule has 2 aliphatic rings. The third-order valence-corrected chi connectivity index (χ3v) is 8.49. The number of carbonyl (C=O) groups is 2. The topological polar surface area (TPSA) is 85.3 Å². The Morgan fingerprint density at radius 1 is 1.10 bits per heavy atom. The molecule has 40 heavy (non-hydrogen) atoms. The lowest BCUT2D eigenvalue weighted by Crippen LogP contribution is -2.48. The highest BCUT2D eigenvalue weighted by Crippen LogP contribution is 2.38. The van der Waals surface area contributed by atoms with Gasteiger partial charge in [-0.1, -0.05) is 12.1 Å². The molecule has 208 valence electrons.